The van der Waals surface area contributed by atoms with Crippen molar-refractivity contribution in [1.82, 2.24) is 9.97 Å². The molecule has 0 saturated heterocycles. The van der Waals surface area contributed by atoms with E-state index in [9.17, 15) is 4.39 Å². The van der Waals surface area contributed by atoms with E-state index in [0.717, 1.165) is 16.9 Å². The van der Waals surface area contributed by atoms with Gasteiger partial charge in [-0.1, -0.05) is 35.9 Å². The summed E-state index contributed by atoms with van der Waals surface area (Å²) in [5.74, 6) is 0.892. The van der Waals surface area contributed by atoms with E-state index in [4.69, 9.17) is 11.6 Å². The zero-order chi connectivity index (χ0) is 16.9. The fourth-order valence-corrected chi connectivity index (χ4v) is 2.38. The molecule has 2 aromatic carbocycles. The fourth-order valence-electron chi connectivity index (χ4n) is 2.20. The second-order valence-electron chi connectivity index (χ2n) is 5.30. The smallest absolute Gasteiger partial charge is 0.225 e. The van der Waals surface area contributed by atoms with Crippen LogP contribution in [0.2, 0.25) is 5.02 Å². The van der Waals surface area contributed by atoms with Gasteiger partial charge in [0.25, 0.3) is 0 Å². The molecule has 3 rings (SSSR count). The van der Waals surface area contributed by atoms with Crippen LogP contribution in [0.5, 0.6) is 0 Å². The monoisotopic (exact) mass is 342 g/mol. The molecule has 0 atom stereocenters. The van der Waals surface area contributed by atoms with Crippen molar-refractivity contribution < 1.29 is 4.39 Å². The molecule has 0 amide bonds. The summed E-state index contributed by atoms with van der Waals surface area (Å²) >= 11 is 6.16. The predicted molar refractivity (Wildman–Crippen MR) is 95.2 cm³/mol. The van der Waals surface area contributed by atoms with E-state index in [-0.39, 0.29) is 5.82 Å². The molecular formula is C18H16ClFN4. The van der Waals surface area contributed by atoms with Crippen LogP contribution >= 0.6 is 11.6 Å². The van der Waals surface area contributed by atoms with E-state index in [1.165, 1.54) is 12.1 Å². The highest BCUT2D eigenvalue weighted by Gasteiger charge is 2.05. The number of anilines is 3. The third-order valence-electron chi connectivity index (χ3n) is 3.35. The highest BCUT2D eigenvalue weighted by atomic mass is 35.5. The van der Waals surface area contributed by atoms with Crippen LogP contribution in [0.15, 0.2) is 54.6 Å². The summed E-state index contributed by atoms with van der Waals surface area (Å²) in [6, 6.07) is 15.6. The molecule has 3 aromatic rings. The average molecular weight is 343 g/mol. The summed E-state index contributed by atoms with van der Waals surface area (Å²) in [5.41, 5.74) is 2.55. The molecule has 0 aliphatic carbocycles. The largest absolute Gasteiger partial charge is 0.350 e. The summed E-state index contributed by atoms with van der Waals surface area (Å²) in [7, 11) is 0. The van der Waals surface area contributed by atoms with E-state index in [1.54, 1.807) is 12.1 Å². The van der Waals surface area contributed by atoms with Gasteiger partial charge in [-0.2, -0.15) is 4.98 Å². The highest BCUT2D eigenvalue weighted by Crippen LogP contribution is 2.24. The number of nitrogens with zero attached hydrogens (tertiary/aromatic N) is 2. The number of aromatic nitrogens is 2. The minimum absolute atomic E-state index is 0.253. The molecule has 0 aliphatic heterocycles. The summed E-state index contributed by atoms with van der Waals surface area (Å²) < 4.78 is 12.9. The first kappa shape index (κ1) is 16.2. The maximum absolute atomic E-state index is 12.9. The molecule has 24 heavy (non-hydrogen) atoms. The lowest BCUT2D eigenvalue weighted by Crippen LogP contribution is -2.06. The highest BCUT2D eigenvalue weighted by molar-refractivity contribution is 6.33. The van der Waals surface area contributed by atoms with Crippen molar-refractivity contribution in [2.24, 2.45) is 0 Å². The van der Waals surface area contributed by atoms with Crippen LogP contribution < -0.4 is 10.6 Å². The van der Waals surface area contributed by atoms with Crippen LogP contribution in [0, 0.1) is 12.7 Å². The normalized spacial score (nSPS) is 10.5. The summed E-state index contributed by atoms with van der Waals surface area (Å²) in [5, 5.41) is 6.95. The van der Waals surface area contributed by atoms with E-state index in [2.05, 4.69) is 20.6 Å². The van der Waals surface area contributed by atoms with E-state index in [1.807, 2.05) is 37.3 Å². The maximum atomic E-state index is 12.9. The molecule has 0 radical (unpaired) electrons. The second kappa shape index (κ2) is 7.27. The summed E-state index contributed by atoms with van der Waals surface area (Å²) in [6.07, 6.45) is 0. The van der Waals surface area contributed by atoms with Gasteiger partial charge in [0.05, 0.1) is 10.7 Å². The molecule has 2 N–H and O–H groups in total. The van der Waals surface area contributed by atoms with Gasteiger partial charge < -0.3 is 10.6 Å². The maximum Gasteiger partial charge on any atom is 0.225 e. The number of hydrogen-bond acceptors (Lipinski definition) is 4. The van der Waals surface area contributed by atoms with Crippen molar-refractivity contribution in [2.45, 2.75) is 13.5 Å². The lowest BCUT2D eigenvalue weighted by molar-refractivity contribution is 0.627. The van der Waals surface area contributed by atoms with Crippen molar-refractivity contribution in [3.05, 3.63) is 76.7 Å². The Labute approximate surface area is 144 Å². The summed E-state index contributed by atoms with van der Waals surface area (Å²) in [6.45, 7) is 2.40. The van der Waals surface area contributed by atoms with Crippen LogP contribution in [-0.4, -0.2) is 9.97 Å². The zero-order valence-corrected chi connectivity index (χ0v) is 13.8. The molecule has 1 heterocycles. The lowest BCUT2D eigenvalue weighted by atomic mass is 10.2. The van der Waals surface area contributed by atoms with Crippen molar-refractivity contribution >= 4 is 29.1 Å². The molecule has 0 unspecified atom stereocenters. The number of para-hydroxylation sites is 1. The van der Waals surface area contributed by atoms with Gasteiger partial charge in [0, 0.05) is 18.3 Å². The Bertz CT molecular complexity index is 837. The molecule has 1 aromatic heterocycles. The van der Waals surface area contributed by atoms with Crippen molar-refractivity contribution in [1.29, 1.82) is 0 Å². The van der Waals surface area contributed by atoms with E-state index < -0.39 is 0 Å². The van der Waals surface area contributed by atoms with Crippen molar-refractivity contribution in [3.8, 4) is 0 Å². The topological polar surface area (TPSA) is 49.8 Å². The Kier molecular flexibility index (Phi) is 4.91. The Morgan fingerprint density at radius 2 is 1.79 bits per heavy atom. The Hall–Kier alpha value is -2.66. The standard InChI is InChI=1S/C18H16ClFN4/c1-12-10-17(23-16-5-3-2-4-15(16)19)24-18(22-12)21-11-13-6-8-14(20)9-7-13/h2-10H,11H2,1H3,(H2,21,22,23,24). The van der Waals surface area contributed by atoms with Gasteiger partial charge in [0.1, 0.15) is 11.6 Å². The quantitative estimate of drug-likeness (QED) is 0.690. The van der Waals surface area contributed by atoms with E-state index in [0.29, 0.717) is 23.3 Å². The van der Waals surface area contributed by atoms with Crippen LogP contribution in [0.25, 0.3) is 0 Å². The summed E-state index contributed by atoms with van der Waals surface area (Å²) in [4.78, 5) is 8.80. The average Bonchev–Trinajstić information content (AvgIpc) is 2.56. The minimum atomic E-state index is -0.253. The minimum Gasteiger partial charge on any atom is -0.350 e. The second-order valence-corrected chi connectivity index (χ2v) is 5.71. The number of halogens is 2. The van der Waals surface area contributed by atoms with Gasteiger partial charge >= 0.3 is 0 Å². The number of aryl methyl sites for hydroxylation is 1. The number of benzene rings is 2. The van der Waals surface area contributed by atoms with Gasteiger partial charge in [0.15, 0.2) is 0 Å². The third kappa shape index (κ3) is 4.20. The van der Waals surface area contributed by atoms with Gasteiger partial charge in [-0.3, -0.25) is 0 Å². The van der Waals surface area contributed by atoms with Crippen LogP contribution in [-0.2, 0) is 6.54 Å². The molecule has 0 aliphatic rings. The molecule has 0 spiro atoms. The molecule has 122 valence electrons. The van der Waals surface area contributed by atoms with E-state index >= 15 is 0 Å². The van der Waals surface area contributed by atoms with Gasteiger partial charge in [-0.25, -0.2) is 9.37 Å². The number of rotatable bonds is 5. The first-order valence-electron chi connectivity index (χ1n) is 7.46. The van der Waals surface area contributed by atoms with Crippen LogP contribution in [0.3, 0.4) is 0 Å². The van der Waals surface area contributed by atoms with Gasteiger partial charge in [-0.15, -0.1) is 0 Å². The predicted octanol–water partition coefficient (Wildman–Crippen LogP) is 4.93. The van der Waals surface area contributed by atoms with Crippen molar-refractivity contribution in [2.75, 3.05) is 10.6 Å². The number of nitrogens with one attached hydrogen (secondary N) is 2. The molecule has 4 nitrogen and oxygen atoms in total. The van der Waals surface area contributed by atoms with Crippen LogP contribution in [0.4, 0.5) is 21.8 Å². The molecule has 0 fully saturated rings. The Morgan fingerprint density at radius 3 is 2.54 bits per heavy atom. The zero-order valence-electron chi connectivity index (χ0n) is 13.1. The van der Waals surface area contributed by atoms with Crippen molar-refractivity contribution in [3.63, 3.8) is 0 Å². The fraction of sp³-hybridized carbons (Fsp3) is 0.111. The Morgan fingerprint density at radius 1 is 1.04 bits per heavy atom. The van der Waals surface area contributed by atoms with Gasteiger partial charge in [0.2, 0.25) is 5.95 Å². The lowest BCUT2D eigenvalue weighted by Gasteiger charge is -2.11. The molecular weight excluding hydrogens is 327 g/mol. The van der Waals surface area contributed by atoms with Crippen LogP contribution in [0.1, 0.15) is 11.3 Å². The molecule has 0 saturated carbocycles. The van der Waals surface area contributed by atoms with Gasteiger partial charge in [-0.05, 0) is 36.8 Å². The molecule has 6 heteroatoms. The molecule has 0 bridgehead atoms. The Balaban J connectivity index is 1.74. The third-order valence-corrected chi connectivity index (χ3v) is 3.68. The first-order chi connectivity index (χ1) is 11.6. The number of hydrogen-bond donors (Lipinski definition) is 2. The SMILES string of the molecule is Cc1cc(Nc2ccccc2Cl)nc(NCc2ccc(F)cc2)n1. The first-order valence-corrected chi connectivity index (χ1v) is 7.83.